The number of anilines is 2. The van der Waals surface area contributed by atoms with Gasteiger partial charge in [0.2, 0.25) is 0 Å². The zero-order valence-electron chi connectivity index (χ0n) is 23.6. The molecule has 0 fully saturated rings. The molecule has 9 rings (SSSR count). The molecule has 5 heteroatoms. The number of allylic oxidation sites excluding steroid dienone is 2. The summed E-state index contributed by atoms with van der Waals surface area (Å²) in [6.07, 6.45) is 4.97. The van der Waals surface area contributed by atoms with Crippen LogP contribution in [-0.2, 0) is 0 Å². The molecule has 4 aliphatic rings. The average Bonchev–Trinajstić information content (AvgIpc) is 3.05. The fourth-order valence-corrected chi connectivity index (χ4v) is 16.1. The Balaban J connectivity index is 1.24. The van der Waals surface area contributed by atoms with E-state index in [-0.39, 0.29) is 15.0 Å². The zero-order chi connectivity index (χ0) is 27.8. The van der Waals surface area contributed by atoms with Gasteiger partial charge in [0.15, 0.2) is 0 Å². The van der Waals surface area contributed by atoms with E-state index < -0.39 is 8.07 Å². The summed E-state index contributed by atoms with van der Waals surface area (Å²) >= 11 is 2.27. The molecule has 0 aromatic heterocycles. The number of rotatable bonds is 2. The second-order valence-corrected chi connectivity index (χ2v) is 19.4. The maximum absolute atomic E-state index is 2.61. The molecule has 42 heavy (non-hydrogen) atoms. The van der Waals surface area contributed by atoms with Gasteiger partial charge in [-0.25, -0.2) is 0 Å². The number of hydrogen-bond acceptors (Lipinski definition) is 2. The van der Waals surface area contributed by atoms with E-state index in [1.807, 2.05) is 11.8 Å². The van der Waals surface area contributed by atoms with E-state index in [0.717, 1.165) is 0 Å². The van der Waals surface area contributed by atoms with Crippen molar-refractivity contribution in [1.29, 1.82) is 0 Å². The summed E-state index contributed by atoms with van der Waals surface area (Å²) in [4.78, 5) is 5.57. The quantitative estimate of drug-likeness (QED) is 0.267. The van der Waals surface area contributed by atoms with Crippen molar-refractivity contribution in [2.45, 2.75) is 37.1 Å². The van der Waals surface area contributed by atoms with Crippen molar-refractivity contribution in [3.63, 3.8) is 0 Å². The van der Waals surface area contributed by atoms with Crippen LogP contribution in [0.25, 0.3) is 0 Å². The van der Waals surface area contributed by atoms with Crippen LogP contribution in [0.2, 0.25) is 6.55 Å². The predicted molar refractivity (Wildman–Crippen MR) is 186 cm³/mol. The molecule has 1 atom stereocenters. The molecule has 1 aliphatic carbocycles. The van der Waals surface area contributed by atoms with Crippen LogP contribution in [-0.4, -0.2) is 29.7 Å². The molecule has 0 saturated carbocycles. The van der Waals surface area contributed by atoms with Gasteiger partial charge in [-0.3, -0.25) is 0 Å². The Morgan fingerprint density at radius 1 is 0.714 bits per heavy atom. The van der Waals surface area contributed by atoms with Crippen molar-refractivity contribution < 1.29 is 0 Å². The third-order valence-electron chi connectivity index (χ3n) is 9.84. The molecule has 202 valence electrons. The fraction of sp³-hybridized carbons (Fsp3) is 0.135. The van der Waals surface area contributed by atoms with E-state index in [1.165, 1.54) is 63.8 Å². The molecule has 0 amide bonds. The molecule has 0 bridgehead atoms. The maximum atomic E-state index is 2.61. The van der Waals surface area contributed by atoms with Gasteiger partial charge >= 0.3 is 262 Å². The molecule has 3 aliphatic heterocycles. The first-order valence-corrected chi connectivity index (χ1v) is 20.1. The van der Waals surface area contributed by atoms with Gasteiger partial charge < -0.3 is 0 Å². The van der Waals surface area contributed by atoms with Crippen LogP contribution < -0.4 is 45.8 Å². The molecule has 1 nitrogen and oxygen atoms in total. The van der Waals surface area contributed by atoms with Crippen LogP contribution in [0.4, 0.5) is 11.4 Å². The van der Waals surface area contributed by atoms with Gasteiger partial charge in [-0.05, 0) is 0 Å². The van der Waals surface area contributed by atoms with Crippen LogP contribution in [0.3, 0.4) is 0 Å². The standard InChI is InChI=1S/C37H30BNSSeSi/c1-42(26-12-3-2-4-13-26)35-20-10-5-14-28(35)38-27-23-22-25(24-34(27)41-33-19-11-21-36(42)37(33)38)39-29-15-6-8-17-31(29)40-32-18-9-7-16-30(32)39/h2-6,8,10-15,17,19-24H,7,9,16,18H2,1H3. The van der Waals surface area contributed by atoms with Gasteiger partial charge in [-0.1, -0.05) is 0 Å². The molecule has 1 unspecified atom stereocenters. The fourth-order valence-electron chi connectivity index (χ4n) is 7.89. The summed E-state index contributed by atoms with van der Waals surface area (Å²) in [6, 6.07) is 44.5. The first-order valence-electron chi connectivity index (χ1n) is 15.1. The molecule has 0 radical (unpaired) electrons. The van der Waals surface area contributed by atoms with Crippen LogP contribution in [0, 0.1) is 0 Å². The summed E-state index contributed by atoms with van der Waals surface area (Å²) in [5, 5.41) is 4.70. The Kier molecular flexibility index (Phi) is 5.82. The Labute approximate surface area is 260 Å². The molecule has 3 heterocycles. The molecular weight excluding hydrogens is 608 g/mol. The first-order chi connectivity index (χ1) is 20.7. The van der Waals surface area contributed by atoms with E-state index in [0.29, 0.717) is 6.71 Å². The van der Waals surface area contributed by atoms with E-state index >= 15 is 0 Å². The molecular formula is C37H30BNSSeSi. The minimum atomic E-state index is -2.13. The third-order valence-corrected chi connectivity index (χ3v) is 18.0. The first kappa shape index (κ1) is 25.3. The van der Waals surface area contributed by atoms with Crippen LogP contribution >= 0.6 is 11.8 Å². The minimum absolute atomic E-state index is 0.263. The number of para-hydroxylation sites is 1. The average molecular weight is 639 g/mol. The van der Waals surface area contributed by atoms with Gasteiger partial charge in [0.05, 0.1) is 0 Å². The van der Waals surface area contributed by atoms with Crippen LogP contribution in [0.5, 0.6) is 0 Å². The Morgan fingerprint density at radius 2 is 1.50 bits per heavy atom. The number of thioether (sulfide) groups is 1. The number of nitrogens with zero attached hydrogens (tertiary/aromatic N) is 1. The van der Waals surface area contributed by atoms with Gasteiger partial charge in [0, 0.05) is 0 Å². The normalized spacial score (nSPS) is 19.8. The van der Waals surface area contributed by atoms with Crippen molar-refractivity contribution in [2.75, 3.05) is 4.90 Å². The molecule has 0 saturated heterocycles. The summed E-state index contributed by atoms with van der Waals surface area (Å²) in [5.74, 6) is 0. The zero-order valence-corrected chi connectivity index (χ0v) is 27.2. The van der Waals surface area contributed by atoms with Gasteiger partial charge in [0.1, 0.15) is 0 Å². The van der Waals surface area contributed by atoms with Crippen molar-refractivity contribution in [1.82, 2.24) is 0 Å². The molecule has 5 aromatic carbocycles. The van der Waals surface area contributed by atoms with E-state index in [9.17, 15) is 0 Å². The van der Waals surface area contributed by atoms with Crippen molar-refractivity contribution in [3.8, 4) is 0 Å². The SMILES string of the molecule is C[Si]1(c2ccccc2)c2ccccc2B2c3ccc(N4C5=C(CCCC5)Sc5ccccc54)cc3[Se]c3cccc1c32. The Morgan fingerprint density at radius 3 is 2.43 bits per heavy atom. The van der Waals surface area contributed by atoms with Crippen LogP contribution in [0.1, 0.15) is 25.7 Å². The summed E-state index contributed by atoms with van der Waals surface area (Å²) < 4.78 is 3.12. The third kappa shape index (κ3) is 3.58. The number of fused-ring (bicyclic) bond motifs is 5. The number of benzene rings is 5. The molecule has 5 aromatic rings. The van der Waals surface area contributed by atoms with Gasteiger partial charge in [0.25, 0.3) is 0 Å². The van der Waals surface area contributed by atoms with Crippen molar-refractivity contribution in [3.05, 3.63) is 126 Å². The molecule has 0 N–H and O–H groups in total. The topological polar surface area (TPSA) is 3.24 Å². The van der Waals surface area contributed by atoms with Gasteiger partial charge in [-0.15, -0.1) is 0 Å². The Bertz CT molecular complexity index is 1940. The summed E-state index contributed by atoms with van der Waals surface area (Å²) in [6.45, 7) is 2.89. The monoisotopic (exact) mass is 639 g/mol. The Hall–Kier alpha value is -3.21. The van der Waals surface area contributed by atoms with E-state index in [2.05, 4.69) is 127 Å². The second-order valence-electron chi connectivity index (χ2n) is 12.0. The van der Waals surface area contributed by atoms with E-state index in [1.54, 1.807) is 29.7 Å². The summed E-state index contributed by atoms with van der Waals surface area (Å²) in [7, 11) is -2.13. The van der Waals surface area contributed by atoms with Crippen molar-refractivity contribution in [2.24, 2.45) is 0 Å². The second kappa shape index (κ2) is 9.65. The molecule has 0 spiro atoms. The summed E-state index contributed by atoms with van der Waals surface area (Å²) in [5.41, 5.74) is 8.88. The number of hydrogen-bond donors (Lipinski definition) is 0. The van der Waals surface area contributed by atoms with Gasteiger partial charge in [-0.2, -0.15) is 0 Å². The van der Waals surface area contributed by atoms with Crippen LogP contribution in [0.15, 0.2) is 131 Å². The van der Waals surface area contributed by atoms with E-state index in [4.69, 9.17) is 0 Å². The predicted octanol–water partition coefficient (Wildman–Crippen LogP) is 3.61. The van der Waals surface area contributed by atoms with Crippen molar-refractivity contribution >= 4 is 93.8 Å².